The minimum Gasteiger partial charge on any atom is -0.370 e. The van der Waals surface area contributed by atoms with E-state index in [-0.39, 0.29) is 11.4 Å². The molecule has 0 aromatic carbocycles. The molecule has 1 spiro atoms. The lowest BCUT2D eigenvalue weighted by Gasteiger charge is -2.49. The Balaban J connectivity index is 1.39. The molecule has 0 N–H and O–H groups in total. The normalized spacial score (nSPS) is 30.4. The van der Waals surface area contributed by atoms with Crippen molar-refractivity contribution in [3.8, 4) is 0 Å². The first-order chi connectivity index (χ1) is 12.9. The van der Waals surface area contributed by atoms with Crippen LogP contribution in [-0.4, -0.2) is 62.2 Å². The summed E-state index contributed by atoms with van der Waals surface area (Å²) in [5.41, 5.74) is 1.37. The van der Waals surface area contributed by atoms with Gasteiger partial charge in [-0.2, -0.15) is 0 Å². The zero-order valence-electron chi connectivity index (χ0n) is 16.7. The average Bonchev–Trinajstić information content (AvgIpc) is 3.04. The highest BCUT2D eigenvalue weighted by molar-refractivity contribution is 7.89. The number of thiophene rings is 1. The summed E-state index contributed by atoms with van der Waals surface area (Å²) in [5.74, 6) is 0.682. The van der Waals surface area contributed by atoms with Gasteiger partial charge in [0.1, 0.15) is 0 Å². The van der Waals surface area contributed by atoms with Gasteiger partial charge in [-0.25, -0.2) is 12.7 Å². The SMILES string of the molecule is CCc1cc2c(s1)CCO[C@@]21CCN(CC2CN(S(=O)(=O)CC)C2)[C@@H](C)C1. The Morgan fingerprint density at radius 3 is 2.78 bits per heavy atom. The van der Waals surface area contributed by atoms with Crippen LogP contribution in [0.15, 0.2) is 6.07 Å². The van der Waals surface area contributed by atoms with E-state index in [4.69, 9.17) is 4.74 Å². The van der Waals surface area contributed by atoms with Crippen molar-refractivity contribution >= 4 is 21.4 Å². The topological polar surface area (TPSA) is 49.9 Å². The number of hydrogen-bond donors (Lipinski definition) is 0. The van der Waals surface area contributed by atoms with Gasteiger partial charge in [0.15, 0.2) is 0 Å². The van der Waals surface area contributed by atoms with Gasteiger partial charge < -0.3 is 9.64 Å². The monoisotopic (exact) mass is 412 g/mol. The highest BCUT2D eigenvalue weighted by Crippen LogP contribution is 2.46. The zero-order chi connectivity index (χ0) is 19.2. The second-order valence-electron chi connectivity index (χ2n) is 8.38. The van der Waals surface area contributed by atoms with Crippen LogP contribution in [0, 0.1) is 5.92 Å². The highest BCUT2D eigenvalue weighted by Gasteiger charge is 2.45. The molecular weight excluding hydrogens is 380 g/mol. The number of ether oxygens (including phenoxy) is 1. The standard InChI is InChI=1S/C20H32N2O3S2/c1-4-17-10-18-19(26-17)6-9-25-20(18)7-8-21(15(3)11-20)12-16-13-22(14-16)27(23,24)5-2/h10,15-16H,4-9,11-14H2,1-3H3/t15-,20+/m0/s1. The third-order valence-electron chi connectivity index (χ3n) is 6.63. The molecule has 152 valence electrons. The molecule has 4 heterocycles. The summed E-state index contributed by atoms with van der Waals surface area (Å²) in [6.07, 6.45) is 4.26. The Labute approximate surface area is 167 Å². The molecule has 4 rings (SSSR count). The number of aryl methyl sites for hydroxylation is 1. The number of piperidine rings is 1. The van der Waals surface area contributed by atoms with Gasteiger partial charge in [0, 0.05) is 48.4 Å². The number of hydrogen-bond acceptors (Lipinski definition) is 5. The van der Waals surface area contributed by atoms with E-state index in [2.05, 4.69) is 24.8 Å². The van der Waals surface area contributed by atoms with Crippen molar-refractivity contribution in [1.82, 2.24) is 9.21 Å². The van der Waals surface area contributed by atoms with Crippen LogP contribution in [0.3, 0.4) is 0 Å². The molecule has 0 unspecified atom stereocenters. The average molecular weight is 413 g/mol. The van der Waals surface area contributed by atoms with E-state index in [0.29, 0.717) is 25.0 Å². The largest absolute Gasteiger partial charge is 0.370 e. The van der Waals surface area contributed by atoms with Crippen LogP contribution in [0.4, 0.5) is 0 Å². The molecule has 2 atom stereocenters. The second-order valence-corrected chi connectivity index (χ2v) is 11.9. The number of likely N-dealkylation sites (tertiary alicyclic amines) is 1. The van der Waals surface area contributed by atoms with E-state index in [0.717, 1.165) is 45.4 Å². The van der Waals surface area contributed by atoms with Crippen LogP contribution in [-0.2, 0) is 33.2 Å². The lowest BCUT2D eigenvalue weighted by Crippen LogP contribution is -2.57. The van der Waals surface area contributed by atoms with Crippen LogP contribution in [0.5, 0.6) is 0 Å². The summed E-state index contributed by atoms with van der Waals surface area (Å²) in [6.45, 7) is 10.5. The third-order valence-corrected chi connectivity index (χ3v) is 9.79. The summed E-state index contributed by atoms with van der Waals surface area (Å²) >= 11 is 1.98. The highest BCUT2D eigenvalue weighted by atomic mass is 32.2. The summed E-state index contributed by atoms with van der Waals surface area (Å²) in [6, 6.07) is 2.87. The molecule has 7 heteroatoms. The lowest BCUT2D eigenvalue weighted by atomic mass is 9.79. The summed E-state index contributed by atoms with van der Waals surface area (Å²) in [4.78, 5) is 5.57. The molecule has 0 aliphatic carbocycles. The minimum atomic E-state index is -3.01. The van der Waals surface area contributed by atoms with Crippen LogP contribution in [0.1, 0.15) is 48.9 Å². The van der Waals surface area contributed by atoms with Gasteiger partial charge in [0.05, 0.1) is 18.0 Å². The Bertz CT molecular complexity index is 785. The molecule has 1 aromatic heterocycles. The van der Waals surface area contributed by atoms with E-state index in [1.807, 2.05) is 11.3 Å². The van der Waals surface area contributed by atoms with E-state index < -0.39 is 10.0 Å². The van der Waals surface area contributed by atoms with Crippen molar-refractivity contribution in [1.29, 1.82) is 0 Å². The van der Waals surface area contributed by atoms with Crippen molar-refractivity contribution < 1.29 is 13.2 Å². The van der Waals surface area contributed by atoms with Gasteiger partial charge in [0.2, 0.25) is 10.0 Å². The molecule has 5 nitrogen and oxygen atoms in total. The first-order valence-corrected chi connectivity index (χ1v) is 12.8. The van der Waals surface area contributed by atoms with Gasteiger partial charge in [-0.1, -0.05) is 6.92 Å². The maximum atomic E-state index is 11.9. The molecule has 1 aromatic rings. The van der Waals surface area contributed by atoms with Gasteiger partial charge >= 0.3 is 0 Å². The maximum absolute atomic E-state index is 11.9. The van der Waals surface area contributed by atoms with Gasteiger partial charge in [-0.3, -0.25) is 0 Å². The quantitative estimate of drug-likeness (QED) is 0.746. The van der Waals surface area contributed by atoms with Crippen molar-refractivity contribution in [2.45, 2.75) is 58.1 Å². The minimum absolute atomic E-state index is 0.0926. The molecule has 0 amide bonds. The van der Waals surface area contributed by atoms with E-state index in [1.165, 1.54) is 15.3 Å². The Morgan fingerprint density at radius 1 is 1.33 bits per heavy atom. The number of rotatable bonds is 5. The number of sulfonamides is 1. The van der Waals surface area contributed by atoms with Crippen molar-refractivity contribution in [2.75, 3.05) is 38.5 Å². The predicted molar refractivity (Wildman–Crippen MR) is 110 cm³/mol. The molecule has 3 aliphatic heterocycles. The van der Waals surface area contributed by atoms with Crippen LogP contribution in [0.25, 0.3) is 0 Å². The van der Waals surface area contributed by atoms with Crippen molar-refractivity contribution in [3.63, 3.8) is 0 Å². The smallest absolute Gasteiger partial charge is 0.213 e. The Morgan fingerprint density at radius 2 is 2.11 bits per heavy atom. The Hall–Kier alpha value is -0.470. The van der Waals surface area contributed by atoms with Crippen molar-refractivity contribution in [3.05, 3.63) is 21.4 Å². The molecule has 0 radical (unpaired) electrons. The fraction of sp³-hybridized carbons (Fsp3) is 0.800. The van der Waals surface area contributed by atoms with Gasteiger partial charge in [-0.05, 0) is 50.7 Å². The van der Waals surface area contributed by atoms with Gasteiger partial charge in [0.25, 0.3) is 0 Å². The van der Waals surface area contributed by atoms with Crippen molar-refractivity contribution in [2.24, 2.45) is 5.92 Å². The lowest BCUT2D eigenvalue weighted by molar-refractivity contribution is -0.114. The van der Waals surface area contributed by atoms with Gasteiger partial charge in [-0.15, -0.1) is 11.3 Å². The fourth-order valence-electron chi connectivity index (χ4n) is 4.93. The fourth-order valence-corrected chi connectivity index (χ4v) is 7.34. The molecule has 27 heavy (non-hydrogen) atoms. The maximum Gasteiger partial charge on any atom is 0.213 e. The summed E-state index contributed by atoms with van der Waals surface area (Å²) < 4.78 is 31.9. The van der Waals surface area contributed by atoms with E-state index in [1.54, 1.807) is 11.2 Å². The molecule has 0 saturated carbocycles. The Kier molecular flexibility index (Phi) is 5.44. The zero-order valence-corrected chi connectivity index (χ0v) is 18.4. The van der Waals surface area contributed by atoms with E-state index in [9.17, 15) is 8.42 Å². The third kappa shape index (κ3) is 3.62. The number of fused-ring (bicyclic) bond motifs is 2. The van der Waals surface area contributed by atoms with E-state index >= 15 is 0 Å². The summed E-state index contributed by atoms with van der Waals surface area (Å²) in [7, 11) is -3.01. The predicted octanol–water partition coefficient (Wildman–Crippen LogP) is 2.84. The van der Waals surface area contributed by atoms with Crippen LogP contribution < -0.4 is 0 Å². The molecule has 3 aliphatic rings. The second kappa shape index (κ2) is 7.41. The molecule has 2 saturated heterocycles. The molecule has 2 fully saturated rings. The first kappa shape index (κ1) is 19.8. The molecule has 0 bridgehead atoms. The number of nitrogens with zero attached hydrogens (tertiary/aromatic N) is 2. The molecular formula is C20H32N2O3S2. The summed E-state index contributed by atoms with van der Waals surface area (Å²) in [5, 5.41) is 0. The first-order valence-electron chi connectivity index (χ1n) is 10.3. The van der Waals surface area contributed by atoms with Crippen LogP contribution >= 0.6 is 11.3 Å². The van der Waals surface area contributed by atoms with Crippen LogP contribution in [0.2, 0.25) is 0 Å².